The second-order valence-corrected chi connectivity index (χ2v) is 9.20. The standard InChI is InChI=1S/C18H17N5O3S2/c1-22(2)28(24,25)14-8-9-16-15(10-14)20-18(26-16)27-11-17-19-12-23(21-17)13-6-4-3-5-7-13/h3-10,12H,11H2,1-2H3. The van der Waals surface area contributed by atoms with Crippen molar-refractivity contribution in [3.05, 3.63) is 60.7 Å². The highest BCUT2D eigenvalue weighted by Crippen LogP contribution is 2.27. The van der Waals surface area contributed by atoms with E-state index in [-0.39, 0.29) is 4.90 Å². The van der Waals surface area contributed by atoms with Gasteiger partial charge in [0.1, 0.15) is 11.8 Å². The summed E-state index contributed by atoms with van der Waals surface area (Å²) in [5, 5.41) is 4.88. The zero-order chi connectivity index (χ0) is 19.7. The minimum Gasteiger partial charge on any atom is -0.431 e. The summed E-state index contributed by atoms with van der Waals surface area (Å²) in [7, 11) is -0.533. The van der Waals surface area contributed by atoms with Crippen LogP contribution in [0.4, 0.5) is 0 Å². The summed E-state index contributed by atoms with van der Waals surface area (Å²) in [5.74, 6) is 1.13. The summed E-state index contributed by atoms with van der Waals surface area (Å²) in [4.78, 5) is 8.86. The predicted molar refractivity (Wildman–Crippen MR) is 106 cm³/mol. The second kappa shape index (κ2) is 7.38. The normalized spacial score (nSPS) is 12.1. The van der Waals surface area contributed by atoms with Crippen LogP contribution in [0.15, 0.2) is 69.4 Å². The average Bonchev–Trinajstić information content (AvgIpc) is 3.33. The topological polar surface area (TPSA) is 94.1 Å². The lowest BCUT2D eigenvalue weighted by Crippen LogP contribution is -2.22. The first-order valence-corrected chi connectivity index (χ1v) is 10.8. The Morgan fingerprint density at radius 2 is 1.93 bits per heavy atom. The van der Waals surface area contributed by atoms with Gasteiger partial charge in [-0.05, 0) is 30.3 Å². The van der Waals surface area contributed by atoms with Crippen LogP contribution in [0.3, 0.4) is 0 Å². The van der Waals surface area contributed by atoms with Crippen LogP contribution in [0, 0.1) is 0 Å². The van der Waals surface area contributed by atoms with E-state index < -0.39 is 10.0 Å². The van der Waals surface area contributed by atoms with Crippen LogP contribution in [0.1, 0.15) is 5.82 Å². The van der Waals surface area contributed by atoms with E-state index >= 15 is 0 Å². The van der Waals surface area contributed by atoms with Crippen LogP contribution in [0.25, 0.3) is 16.8 Å². The third-order valence-corrected chi connectivity index (χ3v) is 6.64. The van der Waals surface area contributed by atoms with Gasteiger partial charge in [-0.3, -0.25) is 0 Å². The Bertz CT molecular complexity index is 1220. The van der Waals surface area contributed by atoms with Crippen molar-refractivity contribution in [2.75, 3.05) is 14.1 Å². The Labute approximate surface area is 166 Å². The molecule has 0 atom stereocenters. The summed E-state index contributed by atoms with van der Waals surface area (Å²) in [6.07, 6.45) is 1.66. The van der Waals surface area contributed by atoms with Crippen molar-refractivity contribution in [3.63, 3.8) is 0 Å². The fraction of sp³-hybridized carbons (Fsp3) is 0.167. The van der Waals surface area contributed by atoms with Crippen molar-refractivity contribution in [1.29, 1.82) is 0 Å². The Morgan fingerprint density at radius 3 is 2.68 bits per heavy atom. The van der Waals surface area contributed by atoms with Gasteiger partial charge in [-0.15, -0.1) is 0 Å². The highest BCUT2D eigenvalue weighted by Gasteiger charge is 2.19. The maximum absolute atomic E-state index is 12.3. The molecule has 4 rings (SSSR count). The summed E-state index contributed by atoms with van der Waals surface area (Å²) in [5.41, 5.74) is 1.96. The van der Waals surface area contributed by atoms with Crippen LogP contribution in [0.2, 0.25) is 0 Å². The molecule has 0 saturated carbocycles. The number of hydrogen-bond acceptors (Lipinski definition) is 7. The maximum atomic E-state index is 12.3. The second-order valence-electron chi connectivity index (χ2n) is 6.13. The van der Waals surface area contributed by atoms with Crippen molar-refractivity contribution in [2.24, 2.45) is 0 Å². The smallest absolute Gasteiger partial charge is 0.257 e. The lowest BCUT2D eigenvalue weighted by Gasteiger charge is -2.10. The summed E-state index contributed by atoms with van der Waals surface area (Å²) in [6, 6.07) is 14.4. The fourth-order valence-electron chi connectivity index (χ4n) is 2.51. The number of thioether (sulfide) groups is 1. The van der Waals surface area contributed by atoms with Crippen LogP contribution >= 0.6 is 11.8 Å². The van der Waals surface area contributed by atoms with Crippen LogP contribution in [0.5, 0.6) is 0 Å². The number of benzene rings is 2. The third kappa shape index (κ3) is 3.66. The molecule has 0 aliphatic carbocycles. The van der Waals surface area contributed by atoms with E-state index in [1.807, 2.05) is 30.3 Å². The maximum Gasteiger partial charge on any atom is 0.257 e. The fourth-order valence-corrected chi connectivity index (χ4v) is 4.13. The number of para-hydroxylation sites is 1. The van der Waals surface area contributed by atoms with E-state index in [4.69, 9.17) is 4.42 Å². The molecule has 0 spiro atoms. The van der Waals surface area contributed by atoms with E-state index in [1.165, 1.54) is 42.3 Å². The molecule has 0 N–H and O–H groups in total. The van der Waals surface area contributed by atoms with Gasteiger partial charge in [0, 0.05) is 14.1 Å². The van der Waals surface area contributed by atoms with E-state index in [2.05, 4.69) is 15.1 Å². The minimum absolute atomic E-state index is 0.179. The van der Waals surface area contributed by atoms with Crippen molar-refractivity contribution in [3.8, 4) is 5.69 Å². The zero-order valence-corrected chi connectivity index (χ0v) is 16.8. The molecule has 0 unspecified atom stereocenters. The number of hydrogen-bond donors (Lipinski definition) is 0. The van der Waals surface area contributed by atoms with E-state index in [0.29, 0.717) is 27.9 Å². The highest BCUT2D eigenvalue weighted by atomic mass is 32.2. The molecule has 28 heavy (non-hydrogen) atoms. The van der Waals surface area contributed by atoms with E-state index in [9.17, 15) is 8.42 Å². The van der Waals surface area contributed by atoms with Crippen LogP contribution in [-0.2, 0) is 15.8 Å². The van der Waals surface area contributed by atoms with E-state index in [1.54, 1.807) is 17.1 Å². The van der Waals surface area contributed by atoms with Gasteiger partial charge in [0.05, 0.1) is 16.3 Å². The first kappa shape index (κ1) is 18.7. The molecule has 2 aromatic heterocycles. The van der Waals surface area contributed by atoms with Crippen molar-refractivity contribution >= 4 is 32.9 Å². The molecule has 0 bridgehead atoms. The molecular formula is C18H17N5O3S2. The summed E-state index contributed by atoms with van der Waals surface area (Å²) in [6.45, 7) is 0. The van der Waals surface area contributed by atoms with Gasteiger partial charge in [0.2, 0.25) is 10.0 Å². The number of sulfonamides is 1. The molecule has 2 heterocycles. The largest absolute Gasteiger partial charge is 0.431 e. The molecule has 0 amide bonds. The number of fused-ring (bicyclic) bond motifs is 1. The van der Waals surface area contributed by atoms with E-state index in [0.717, 1.165) is 5.69 Å². The first-order chi connectivity index (χ1) is 13.4. The Hall–Kier alpha value is -2.69. The molecule has 144 valence electrons. The van der Waals surface area contributed by atoms with Gasteiger partial charge in [-0.2, -0.15) is 5.10 Å². The Kier molecular flexibility index (Phi) is 4.92. The molecule has 2 aromatic carbocycles. The quantitative estimate of drug-likeness (QED) is 0.447. The van der Waals surface area contributed by atoms with Crippen LogP contribution in [-0.4, -0.2) is 46.6 Å². The SMILES string of the molecule is CN(C)S(=O)(=O)c1ccc2oc(SCc3ncn(-c4ccccc4)n3)nc2c1. The number of nitrogens with zero attached hydrogens (tertiary/aromatic N) is 5. The monoisotopic (exact) mass is 415 g/mol. The van der Waals surface area contributed by atoms with Crippen molar-refractivity contribution in [1.82, 2.24) is 24.1 Å². The molecule has 0 saturated heterocycles. The first-order valence-electron chi connectivity index (χ1n) is 8.35. The molecule has 4 aromatic rings. The molecule has 10 heteroatoms. The summed E-state index contributed by atoms with van der Waals surface area (Å²) >= 11 is 1.35. The predicted octanol–water partition coefficient (Wildman–Crippen LogP) is 2.95. The van der Waals surface area contributed by atoms with Gasteiger partial charge in [0.15, 0.2) is 11.4 Å². The lowest BCUT2D eigenvalue weighted by molar-refractivity contribution is 0.489. The molecule has 0 aliphatic heterocycles. The number of oxazole rings is 1. The minimum atomic E-state index is -3.52. The molecule has 0 aliphatic rings. The third-order valence-electron chi connectivity index (χ3n) is 4.00. The van der Waals surface area contributed by atoms with Crippen molar-refractivity contribution in [2.45, 2.75) is 15.9 Å². The lowest BCUT2D eigenvalue weighted by atomic mass is 10.3. The Balaban J connectivity index is 1.51. The van der Waals surface area contributed by atoms with Gasteiger partial charge in [-0.1, -0.05) is 30.0 Å². The van der Waals surface area contributed by atoms with Gasteiger partial charge < -0.3 is 4.42 Å². The molecule has 8 nitrogen and oxygen atoms in total. The molecule has 0 radical (unpaired) electrons. The molecule has 0 fully saturated rings. The number of rotatable bonds is 6. The Morgan fingerprint density at radius 1 is 1.14 bits per heavy atom. The van der Waals surface area contributed by atoms with Crippen molar-refractivity contribution < 1.29 is 12.8 Å². The average molecular weight is 416 g/mol. The van der Waals surface area contributed by atoms with Gasteiger partial charge in [-0.25, -0.2) is 27.4 Å². The zero-order valence-electron chi connectivity index (χ0n) is 15.2. The molecular weight excluding hydrogens is 398 g/mol. The summed E-state index contributed by atoms with van der Waals surface area (Å²) < 4.78 is 33.1. The number of aromatic nitrogens is 4. The van der Waals surface area contributed by atoms with Crippen LogP contribution < -0.4 is 0 Å². The highest BCUT2D eigenvalue weighted by molar-refractivity contribution is 7.98. The van der Waals surface area contributed by atoms with Gasteiger partial charge >= 0.3 is 0 Å². The van der Waals surface area contributed by atoms with Gasteiger partial charge in [0.25, 0.3) is 5.22 Å².